The third kappa shape index (κ3) is 4.10. The quantitative estimate of drug-likeness (QED) is 0.804. The van der Waals surface area contributed by atoms with E-state index in [-0.39, 0.29) is 0 Å². The highest BCUT2D eigenvalue weighted by molar-refractivity contribution is 5.24. The van der Waals surface area contributed by atoms with Crippen LogP contribution in [0.5, 0.6) is 0 Å². The third-order valence-electron chi connectivity index (χ3n) is 4.00. The Morgan fingerprint density at radius 3 is 2.53 bits per heavy atom. The van der Waals surface area contributed by atoms with Crippen LogP contribution < -0.4 is 5.32 Å². The van der Waals surface area contributed by atoms with Crippen LogP contribution in [0.15, 0.2) is 16.7 Å². The maximum absolute atomic E-state index is 5.59. The summed E-state index contributed by atoms with van der Waals surface area (Å²) in [4.78, 5) is 0. The highest BCUT2D eigenvalue weighted by atomic mass is 16.3. The largest absolute Gasteiger partial charge is 0.469 e. The van der Waals surface area contributed by atoms with Crippen LogP contribution in [0.4, 0.5) is 0 Å². The monoisotopic (exact) mass is 263 g/mol. The van der Waals surface area contributed by atoms with Crippen molar-refractivity contribution in [2.45, 2.75) is 71.9 Å². The molecule has 19 heavy (non-hydrogen) atoms. The predicted octanol–water partition coefficient (Wildman–Crippen LogP) is 4.71. The molecule has 0 bridgehead atoms. The van der Waals surface area contributed by atoms with E-state index < -0.39 is 0 Å². The summed E-state index contributed by atoms with van der Waals surface area (Å²) in [7, 11) is 0. The van der Waals surface area contributed by atoms with Crippen LogP contribution in [0.2, 0.25) is 0 Å². The zero-order chi connectivity index (χ0) is 13.8. The van der Waals surface area contributed by atoms with Crippen molar-refractivity contribution in [3.8, 4) is 0 Å². The number of aryl methyl sites for hydroxylation is 1. The number of furan rings is 1. The van der Waals surface area contributed by atoms with Gasteiger partial charge in [-0.05, 0) is 43.6 Å². The standard InChI is InChI=1S/C17H29NO/c1-12(2)10-14(11-13(3)4)18-16-6-5-7-17-15(16)8-9-19-17/h8-9,12-14,16,18H,5-7,10-11H2,1-4H3. The Balaban J connectivity index is 2.01. The molecule has 2 nitrogen and oxygen atoms in total. The van der Waals surface area contributed by atoms with Crippen LogP contribution in [-0.4, -0.2) is 6.04 Å². The van der Waals surface area contributed by atoms with Crippen molar-refractivity contribution in [2.24, 2.45) is 11.8 Å². The Bertz CT molecular complexity index is 370. The zero-order valence-electron chi connectivity index (χ0n) is 12.9. The Morgan fingerprint density at radius 1 is 1.21 bits per heavy atom. The Hall–Kier alpha value is -0.760. The van der Waals surface area contributed by atoms with Crippen LogP contribution in [0.25, 0.3) is 0 Å². The van der Waals surface area contributed by atoms with E-state index in [1.807, 2.05) is 6.26 Å². The second kappa shape index (κ2) is 6.60. The molecular weight excluding hydrogens is 234 g/mol. The lowest BCUT2D eigenvalue weighted by Crippen LogP contribution is -2.36. The van der Waals surface area contributed by atoms with Gasteiger partial charge >= 0.3 is 0 Å². The van der Waals surface area contributed by atoms with Gasteiger partial charge in [-0.3, -0.25) is 0 Å². The van der Waals surface area contributed by atoms with Crippen LogP contribution >= 0.6 is 0 Å². The van der Waals surface area contributed by atoms with Gasteiger partial charge in [-0.2, -0.15) is 0 Å². The van der Waals surface area contributed by atoms with Gasteiger partial charge in [0.25, 0.3) is 0 Å². The van der Waals surface area contributed by atoms with Crippen molar-refractivity contribution in [3.63, 3.8) is 0 Å². The van der Waals surface area contributed by atoms with E-state index >= 15 is 0 Å². The minimum atomic E-state index is 0.505. The van der Waals surface area contributed by atoms with Crippen molar-refractivity contribution >= 4 is 0 Å². The molecule has 1 atom stereocenters. The van der Waals surface area contributed by atoms with E-state index in [0.717, 1.165) is 18.3 Å². The molecule has 0 amide bonds. The van der Waals surface area contributed by atoms with Gasteiger partial charge in [-0.15, -0.1) is 0 Å². The van der Waals surface area contributed by atoms with Crippen molar-refractivity contribution < 1.29 is 4.42 Å². The molecule has 2 heteroatoms. The van der Waals surface area contributed by atoms with Crippen molar-refractivity contribution in [2.75, 3.05) is 0 Å². The third-order valence-corrected chi connectivity index (χ3v) is 4.00. The maximum atomic E-state index is 5.59. The lowest BCUT2D eigenvalue weighted by molar-refractivity contribution is 0.306. The fraction of sp³-hybridized carbons (Fsp3) is 0.765. The molecule has 1 aromatic rings. The number of rotatable bonds is 6. The Morgan fingerprint density at radius 2 is 1.89 bits per heavy atom. The molecular formula is C17H29NO. The van der Waals surface area contributed by atoms with E-state index in [9.17, 15) is 0 Å². The van der Waals surface area contributed by atoms with Crippen molar-refractivity contribution in [1.82, 2.24) is 5.32 Å². The molecule has 0 radical (unpaired) electrons. The van der Waals surface area contributed by atoms with E-state index in [0.29, 0.717) is 12.1 Å². The highest BCUT2D eigenvalue weighted by Crippen LogP contribution is 2.31. The summed E-state index contributed by atoms with van der Waals surface area (Å²) in [6, 6.07) is 3.30. The molecule has 1 N–H and O–H groups in total. The second-order valence-corrected chi connectivity index (χ2v) is 6.87. The molecule has 0 aliphatic heterocycles. The average Bonchev–Trinajstić information content (AvgIpc) is 2.76. The smallest absolute Gasteiger partial charge is 0.108 e. The first kappa shape index (κ1) is 14.6. The molecule has 1 aliphatic carbocycles. The van der Waals surface area contributed by atoms with E-state index in [1.165, 1.54) is 37.0 Å². The number of nitrogens with one attached hydrogen (secondary N) is 1. The first-order valence-corrected chi connectivity index (χ1v) is 7.88. The number of hydrogen-bond acceptors (Lipinski definition) is 2. The lowest BCUT2D eigenvalue weighted by Gasteiger charge is -2.30. The minimum Gasteiger partial charge on any atom is -0.469 e. The van der Waals surface area contributed by atoms with Gasteiger partial charge in [-0.25, -0.2) is 0 Å². The summed E-state index contributed by atoms with van der Waals surface area (Å²) in [6.45, 7) is 9.27. The normalized spacial score (nSPS) is 19.4. The topological polar surface area (TPSA) is 25.2 Å². The van der Waals surface area contributed by atoms with Crippen LogP contribution in [0.1, 0.15) is 70.7 Å². The molecule has 0 aromatic carbocycles. The second-order valence-electron chi connectivity index (χ2n) is 6.87. The molecule has 1 aromatic heterocycles. The van der Waals surface area contributed by atoms with Gasteiger partial charge in [0.05, 0.1) is 6.26 Å². The highest BCUT2D eigenvalue weighted by Gasteiger charge is 2.25. The first-order chi connectivity index (χ1) is 9.06. The molecule has 0 saturated carbocycles. The van der Waals surface area contributed by atoms with Crippen LogP contribution in [-0.2, 0) is 6.42 Å². The number of fused-ring (bicyclic) bond motifs is 1. The van der Waals surface area contributed by atoms with Gasteiger partial charge in [0.1, 0.15) is 5.76 Å². The fourth-order valence-electron chi connectivity index (χ4n) is 3.31. The molecule has 2 rings (SSSR count). The average molecular weight is 263 g/mol. The Kier molecular flexibility index (Phi) is 5.09. The molecule has 0 fully saturated rings. The Labute approximate surface area is 118 Å². The van der Waals surface area contributed by atoms with Gasteiger partial charge in [0.15, 0.2) is 0 Å². The van der Waals surface area contributed by atoms with Crippen molar-refractivity contribution in [1.29, 1.82) is 0 Å². The van der Waals surface area contributed by atoms with Gasteiger partial charge in [-0.1, -0.05) is 27.7 Å². The summed E-state index contributed by atoms with van der Waals surface area (Å²) in [5.74, 6) is 2.71. The fourth-order valence-corrected chi connectivity index (χ4v) is 3.31. The summed E-state index contributed by atoms with van der Waals surface area (Å²) in [5, 5.41) is 3.90. The summed E-state index contributed by atoms with van der Waals surface area (Å²) < 4.78 is 5.59. The zero-order valence-corrected chi connectivity index (χ0v) is 12.9. The molecule has 108 valence electrons. The van der Waals surface area contributed by atoms with Crippen LogP contribution in [0, 0.1) is 11.8 Å². The molecule has 0 spiro atoms. The van der Waals surface area contributed by atoms with E-state index in [2.05, 4.69) is 39.1 Å². The van der Waals surface area contributed by atoms with Gasteiger partial charge < -0.3 is 9.73 Å². The first-order valence-electron chi connectivity index (χ1n) is 7.88. The van der Waals surface area contributed by atoms with E-state index in [4.69, 9.17) is 4.42 Å². The lowest BCUT2D eigenvalue weighted by atomic mass is 9.90. The molecule has 0 saturated heterocycles. The van der Waals surface area contributed by atoms with E-state index in [1.54, 1.807) is 0 Å². The predicted molar refractivity (Wildman–Crippen MR) is 80.2 cm³/mol. The van der Waals surface area contributed by atoms with Crippen LogP contribution in [0.3, 0.4) is 0 Å². The molecule has 1 unspecified atom stereocenters. The summed E-state index contributed by atoms with van der Waals surface area (Å²) >= 11 is 0. The maximum Gasteiger partial charge on any atom is 0.108 e. The minimum absolute atomic E-state index is 0.505. The molecule has 1 aliphatic rings. The summed E-state index contributed by atoms with van der Waals surface area (Å²) in [5.41, 5.74) is 1.41. The number of hydrogen-bond donors (Lipinski definition) is 1. The van der Waals surface area contributed by atoms with Crippen molar-refractivity contribution in [3.05, 3.63) is 23.7 Å². The summed E-state index contributed by atoms with van der Waals surface area (Å²) in [6.07, 6.45) is 7.99. The van der Waals surface area contributed by atoms with Gasteiger partial charge in [0, 0.05) is 24.1 Å². The van der Waals surface area contributed by atoms with Gasteiger partial charge in [0.2, 0.25) is 0 Å². The SMILES string of the molecule is CC(C)CC(CC(C)C)NC1CCCc2occc21. The molecule has 1 heterocycles.